The van der Waals surface area contributed by atoms with Crippen LogP contribution in [0.2, 0.25) is 18.1 Å². The number of hydrogen-bond donors (Lipinski definition) is 0. The minimum absolute atomic E-state index is 0.138. The highest BCUT2D eigenvalue weighted by molar-refractivity contribution is 6.74. The molecule has 1 aliphatic carbocycles. The van der Waals surface area contributed by atoms with Crippen molar-refractivity contribution in [2.75, 3.05) is 13.2 Å². The van der Waals surface area contributed by atoms with E-state index in [4.69, 9.17) is 9.16 Å². The highest BCUT2D eigenvalue weighted by Crippen LogP contribution is 2.37. The lowest BCUT2D eigenvalue weighted by Crippen LogP contribution is -2.42. The molecule has 1 saturated carbocycles. The van der Waals surface area contributed by atoms with Crippen LogP contribution in [0.25, 0.3) is 0 Å². The summed E-state index contributed by atoms with van der Waals surface area (Å²) in [6, 6.07) is 0.138. The number of ether oxygens (including phenoxy) is 1. The zero-order valence-corrected chi connectivity index (χ0v) is 13.6. The molecule has 0 amide bonds. The predicted octanol–water partition coefficient (Wildman–Crippen LogP) is 3.21. The summed E-state index contributed by atoms with van der Waals surface area (Å²) in [5.41, 5.74) is 0. The van der Waals surface area contributed by atoms with E-state index in [2.05, 4.69) is 38.9 Å². The largest absolute Gasteiger partial charge is 0.478 e. The van der Waals surface area contributed by atoms with Gasteiger partial charge in [-0.2, -0.15) is 0 Å². The van der Waals surface area contributed by atoms with E-state index in [1.165, 1.54) is 0 Å². The fourth-order valence-electron chi connectivity index (χ4n) is 1.70. The van der Waals surface area contributed by atoms with Crippen molar-refractivity contribution in [3.8, 4) is 0 Å². The van der Waals surface area contributed by atoms with Crippen molar-refractivity contribution in [1.82, 2.24) is 0 Å². The first-order chi connectivity index (χ1) is 8.79. The van der Waals surface area contributed by atoms with Crippen LogP contribution in [0.5, 0.6) is 0 Å². The smallest absolute Gasteiger partial charge is 0.192 e. The Morgan fingerprint density at radius 2 is 1.95 bits per heavy atom. The van der Waals surface area contributed by atoms with Gasteiger partial charge in [-0.3, -0.25) is 0 Å². The normalized spacial score (nSPS) is 25.5. The van der Waals surface area contributed by atoms with Gasteiger partial charge in [0.2, 0.25) is 0 Å². The Kier molecular flexibility index (Phi) is 4.41. The first-order valence-electron chi connectivity index (χ1n) is 6.86. The molecule has 5 radical (unpaired) electrons. The molecule has 1 atom stereocenters. The van der Waals surface area contributed by atoms with Crippen LogP contribution in [0.4, 0.5) is 0 Å². The molecule has 0 aromatic rings. The minimum atomic E-state index is -1.69. The van der Waals surface area contributed by atoms with E-state index >= 15 is 0 Å². The lowest BCUT2D eigenvalue weighted by atomic mass is 10.1. The molecule has 0 spiro atoms. The summed E-state index contributed by atoms with van der Waals surface area (Å²) in [6.07, 6.45) is 8.05. The minimum Gasteiger partial charge on any atom is -0.478 e. The van der Waals surface area contributed by atoms with Gasteiger partial charge in [0.25, 0.3) is 0 Å². The molecule has 1 heterocycles. The average Bonchev–Trinajstić information content (AvgIpc) is 2.96. The topological polar surface area (TPSA) is 30.8 Å². The van der Waals surface area contributed by atoms with E-state index in [1.807, 2.05) is 25.7 Å². The van der Waals surface area contributed by atoms with E-state index < -0.39 is 8.32 Å². The fourth-order valence-corrected chi connectivity index (χ4v) is 2.74. The predicted molar refractivity (Wildman–Crippen MR) is 80.8 cm³/mol. The summed E-state index contributed by atoms with van der Waals surface area (Å²) < 4.78 is 11.8. The van der Waals surface area contributed by atoms with Gasteiger partial charge in [0.1, 0.15) is 12.6 Å². The van der Waals surface area contributed by atoms with Crippen molar-refractivity contribution >= 4 is 14.2 Å². The van der Waals surface area contributed by atoms with Crippen molar-refractivity contribution in [1.29, 1.82) is 0 Å². The van der Waals surface area contributed by atoms with E-state index in [9.17, 15) is 0 Å². The highest BCUT2D eigenvalue weighted by atomic mass is 28.4. The van der Waals surface area contributed by atoms with Gasteiger partial charge < -0.3 is 9.16 Å². The van der Waals surface area contributed by atoms with Gasteiger partial charge in [-0.05, 0) is 43.8 Å². The monoisotopic (exact) mass is 278 g/mol. The maximum Gasteiger partial charge on any atom is 0.192 e. The van der Waals surface area contributed by atoms with Crippen molar-refractivity contribution in [3.63, 3.8) is 0 Å². The first kappa shape index (κ1) is 15.0. The van der Waals surface area contributed by atoms with Crippen LogP contribution in [0.1, 0.15) is 20.8 Å². The van der Waals surface area contributed by atoms with Gasteiger partial charge in [-0.1, -0.05) is 20.8 Å². The van der Waals surface area contributed by atoms with Crippen LogP contribution in [0.15, 0.2) is 4.99 Å². The van der Waals surface area contributed by atoms with E-state index in [1.54, 1.807) is 0 Å². The zero-order valence-electron chi connectivity index (χ0n) is 12.6. The summed E-state index contributed by atoms with van der Waals surface area (Å²) in [5.74, 6) is 1.82. The van der Waals surface area contributed by atoms with Gasteiger partial charge in [0.05, 0.1) is 12.5 Å². The van der Waals surface area contributed by atoms with Crippen molar-refractivity contribution in [2.24, 2.45) is 4.99 Å². The van der Waals surface area contributed by atoms with E-state index in [-0.39, 0.29) is 11.1 Å². The van der Waals surface area contributed by atoms with Gasteiger partial charge in [0.15, 0.2) is 14.2 Å². The maximum atomic E-state index is 6.20. The lowest BCUT2D eigenvalue weighted by molar-refractivity contribution is 0.227. The summed E-state index contributed by atoms with van der Waals surface area (Å²) in [6.45, 7) is 12.6. The molecule has 0 N–H and O–H groups in total. The molecule has 0 bridgehead atoms. The highest BCUT2D eigenvalue weighted by Gasteiger charge is 2.38. The van der Waals surface area contributed by atoms with E-state index in [0.717, 1.165) is 11.8 Å². The number of aliphatic imine (C=N–C) groups is 1. The Balaban J connectivity index is 1.85. The van der Waals surface area contributed by atoms with Crippen LogP contribution in [-0.2, 0) is 9.16 Å². The second kappa shape index (κ2) is 5.56. The molecule has 105 valence electrons. The zero-order chi connectivity index (χ0) is 14.1. The third-order valence-corrected chi connectivity index (χ3v) is 8.57. The second-order valence-electron chi connectivity index (χ2n) is 6.64. The van der Waals surface area contributed by atoms with Gasteiger partial charge >= 0.3 is 0 Å². The molecule has 19 heavy (non-hydrogen) atoms. The Hall–Kier alpha value is -0.353. The van der Waals surface area contributed by atoms with Crippen LogP contribution in [0.3, 0.4) is 0 Å². The van der Waals surface area contributed by atoms with Crippen LogP contribution in [0, 0.1) is 31.6 Å². The van der Waals surface area contributed by atoms with Gasteiger partial charge in [-0.15, -0.1) is 0 Å². The summed E-state index contributed by atoms with van der Waals surface area (Å²) in [7, 11) is -1.69. The van der Waals surface area contributed by atoms with Crippen LogP contribution >= 0.6 is 0 Å². The molecule has 0 saturated heterocycles. The molecule has 0 aromatic heterocycles. The molecule has 0 unspecified atom stereocenters. The molecule has 3 nitrogen and oxygen atoms in total. The molecule has 1 aliphatic heterocycles. The molecular weight excluding hydrogens is 254 g/mol. The van der Waals surface area contributed by atoms with Crippen molar-refractivity contribution in [3.05, 3.63) is 31.6 Å². The number of nitrogens with zero attached hydrogens (tertiary/aromatic N) is 1. The first-order valence-corrected chi connectivity index (χ1v) is 9.77. The van der Waals surface area contributed by atoms with Crippen molar-refractivity contribution in [2.45, 2.75) is 44.9 Å². The summed E-state index contributed by atoms with van der Waals surface area (Å²) in [5, 5.41) is 0.241. The molecular formula is C15H24NO2Si. The van der Waals surface area contributed by atoms with E-state index in [0.29, 0.717) is 13.2 Å². The number of rotatable bonds is 4. The summed E-state index contributed by atoms with van der Waals surface area (Å²) >= 11 is 0. The standard InChI is InChI=1S/C15H24NO2Si/c1-15(2,3)19(4,5)18-11-13-10-17-14(16-13)12-8-6-7-9-12/h6-9,13H,10-11H2,1-5H3/t13-/m1/s1. The molecule has 2 rings (SSSR count). The second-order valence-corrected chi connectivity index (χ2v) is 11.5. The maximum absolute atomic E-state index is 6.20. The van der Waals surface area contributed by atoms with Crippen molar-refractivity contribution < 1.29 is 9.16 Å². The Morgan fingerprint density at radius 3 is 2.53 bits per heavy atom. The molecule has 2 aliphatic rings. The molecule has 4 heteroatoms. The van der Waals surface area contributed by atoms with Crippen LogP contribution < -0.4 is 0 Å². The lowest BCUT2D eigenvalue weighted by Gasteiger charge is -2.36. The molecule has 0 aromatic carbocycles. The Bertz CT molecular complexity index is 341. The quantitative estimate of drug-likeness (QED) is 0.739. The number of hydrogen-bond acceptors (Lipinski definition) is 3. The third kappa shape index (κ3) is 3.60. The third-order valence-electron chi connectivity index (χ3n) is 4.06. The average molecular weight is 278 g/mol. The Morgan fingerprint density at radius 1 is 1.32 bits per heavy atom. The van der Waals surface area contributed by atoms with Gasteiger partial charge in [0, 0.05) is 0 Å². The van der Waals surface area contributed by atoms with Gasteiger partial charge in [-0.25, -0.2) is 4.99 Å². The Labute approximate surface area is 118 Å². The molecule has 1 fully saturated rings. The fraction of sp³-hybridized carbons (Fsp3) is 0.600. The SMILES string of the molecule is CC(C)(C)[Si](C)(C)OC[C@H]1COC([C]2[CH][CH][CH][CH]2)=N1. The summed E-state index contributed by atoms with van der Waals surface area (Å²) in [4.78, 5) is 4.61. The van der Waals surface area contributed by atoms with Crippen LogP contribution in [-0.4, -0.2) is 33.5 Å².